The van der Waals surface area contributed by atoms with E-state index in [4.69, 9.17) is 0 Å². The van der Waals surface area contributed by atoms with Gasteiger partial charge in [0.25, 0.3) is 0 Å². The quantitative estimate of drug-likeness (QED) is 0.727. The Bertz CT molecular complexity index is 321. The molecule has 2 atom stereocenters. The monoisotopic (exact) mass is 286 g/mol. The van der Waals surface area contributed by atoms with Crippen molar-refractivity contribution in [2.24, 2.45) is 5.92 Å². The Morgan fingerprint density at radius 3 is 2.53 bits per heavy atom. The largest absolute Gasteiger partial charge is 0.343 e. The number of thioether (sulfide) groups is 1. The van der Waals surface area contributed by atoms with Crippen LogP contribution in [0.2, 0.25) is 0 Å². The smallest absolute Gasteiger partial charge is 0.245 e. The van der Waals surface area contributed by atoms with E-state index in [2.05, 4.69) is 12.2 Å². The molecular weight excluding hydrogens is 260 g/mol. The maximum Gasteiger partial charge on any atom is 0.245 e. The third kappa shape index (κ3) is 4.13. The highest BCUT2D eigenvalue weighted by atomic mass is 32.2. The summed E-state index contributed by atoms with van der Waals surface area (Å²) >= 11 is 1.88. The van der Waals surface area contributed by atoms with Gasteiger partial charge in [0.15, 0.2) is 0 Å². The molecule has 1 fully saturated rings. The van der Waals surface area contributed by atoms with Crippen LogP contribution >= 0.6 is 11.8 Å². The van der Waals surface area contributed by atoms with E-state index in [0.29, 0.717) is 13.0 Å². The first kappa shape index (κ1) is 16.3. The Morgan fingerprint density at radius 2 is 2.00 bits per heavy atom. The molecule has 1 saturated heterocycles. The van der Waals surface area contributed by atoms with E-state index in [9.17, 15) is 9.59 Å². The summed E-state index contributed by atoms with van der Waals surface area (Å²) in [4.78, 5) is 26.3. The fraction of sp³-hybridized carbons (Fsp3) is 0.857. The first-order valence-corrected chi connectivity index (χ1v) is 8.36. The molecule has 1 aliphatic rings. The highest BCUT2D eigenvalue weighted by molar-refractivity contribution is 7.99. The maximum atomic E-state index is 12.4. The zero-order valence-corrected chi connectivity index (χ0v) is 13.3. The number of nitrogens with zero attached hydrogens (tertiary/aromatic N) is 1. The normalized spacial score (nSPS) is 23.9. The third-order valence-electron chi connectivity index (χ3n) is 3.43. The van der Waals surface area contributed by atoms with Crippen molar-refractivity contribution < 1.29 is 9.59 Å². The van der Waals surface area contributed by atoms with Gasteiger partial charge in [0, 0.05) is 6.54 Å². The van der Waals surface area contributed by atoms with Gasteiger partial charge >= 0.3 is 0 Å². The van der Waals surface area contributed by atoms with Crippen LogP contribution in [0.3, 0.4) is 0 Å². The Hall–Kier alpha value is -0.710. The second kappa shape index (κ2) is 7.78. The molecule has 0 radical (unpaired) electrons. The van der Waals surface area contributed by atoms with E-state index in [1.54, 1.807) is 4.90 Å². The van der Waals surface area contributed by atoms with E-state index in [1.165, 1.54) is 0 Å². The molecule has 0 bridgehead atoms. The Labute approximate surface area is 120 Å². The Kier molecular flexibility index (Phi) is 6.69. The van der Waals surface area contributed by atoms with Gasteiger partial charge in [0.05, 0.1) is 0 Å². The lowest BCUT2D eigenvalue weighted by Gasteiger charge is -2.40. The molecule has 0 aromatic carbocycles. The SMILES string of the molecule is CCSCCCN1C(=O)C(CC)NC(=O)C1C(C)C. The Balaban J connectivity index is 2.72. The molecule has 0 spiro atoms. The summed E-state index contributed by atoms with van der Waals surface area (Å²) < 4.78 is 0. The predicted octanol–water partition coefficient (Wildman–Crippen LogP) is 1.89. The number of nitrogens with one attached hydrogen (secondary N) is 1. The van der Waals surface area contributed by atoms with E-state index in [-0.39, 0.29) is 29.8 Å². The van der Waals surface area contributed by atoms with Crippen molar-refractivity contribution in [3.63, 3.8) is 0 Å². The summed E-state index contributed by atoms with van der Waals surface area (Å²) in [5.41, 5.74) is 0. The molecule has 0 aliphatic carbocycles. The van der Waals surface area contributed by atoms with Gasteiger partial charge in [-0.25, -0.2) is 0 Å². The van der Waals surface area contributed by atoms with Crippen molar-refractivity contribution >= 4 is 23.6 Å². The lowest BCUT2D eigenvalue weighted by Crippen LogP contribution is -2.64. The number of carbonyl (C=O) groups excluding carboxylic acids is 2. The van der Waals surface area contributed by atoms with Crippen LogP contribution in [0.1, 0.15) is 40.5 Å². The second-order valence-corrected chi connectivity index (χ2v) is 6.63. The summed E-state index contributed by atoms with van der Waals surface area (Å²) in [6.07, 6.45) is 1.62. The Morgan fingerprint density at radius 1 is 1.32 bits per heavy atom. The van der Waals surface area contributed by atoms with E-state index < -0.39 is 0 Å². The molecule has 19 heavy (non-hydrogen) atoms. The summed E-state index contributed by atoms with van der Waals surface area (Å²) in [7, 11) is 0. The van der Waals surface area contributed by atoms with Gasteiger partial charge in [-0.15, -0.1) is 0 Å². The highest BCUT2D eigenvalue weighted by Crippen LogP contribution is 2.19. The van der Waals surface area contributed by atoms with E-state index >= 15 is 0 Å². The molecule has 0 aromatic heterocycles. The molecule has 0 saturated carbocycles. The van der Waals surface area contributed by atoms with E-state index in [1.807, 2.05) is 32.5 Å². The number of piperazine rings is 1. The molecule has 110 valence electrons. The zero-order chi connectivity index (χ0) is 14.4. The van der Waals surface area contributed by atoms with E-state index in [0.717, 1.165) is 17.9 Å². The minimum absolute atomic E-state index is 0.00425. The number of hydrogen-bond acceptors (Lipinski definition) is 3. The summed E-state index contributed by atoms with van der Waals surface area (Å²) in [5.74, 6) is 2.39. The number of hydrogen-bond donors (Lipinski definition) is 1. The molecule has 0 aromatic rings. The number of rotatable bonds is 7. The van der Waals surface area contributed by atoms with Crippen LogP contribution in [0.25, 0.3) is 0 Å². The van der Waals surface area contributed by atoms with Gasteiger partial charge in [-0.05, 0) is 30.3 Å². The topological polar surface area (TPSA) is 49.4 Å². The van der Waals surface area contributed by atoms with Crippen molar-refractivity contribution in [1.82, 2.24) is 10.2 Å². The highest BCUT2D eigenvalue weighted by Gasteiger charge is 2.40. The molecule has 2 unspecified atom stereocenters. The predicted molar refractivity (Wildman–Crippen MR) is 80.2 cm³/mol. The average molecular weight is 286 g/mol. The van der Waals surface area contributed by atoms with Gasteiger partial charge in [0.1, 0.15) is 12.1 Å². The summed E-state index contributed by atoms with van der Waals surface area (Å²) in [6, 6.07) is -0.636. The molecule has 1 heterocycles. The van der Waals surface area contributed by atoms with Gasteiger partial charge in [-0.1, -0.05) is 27.7 Å². The molecule has 4 nitrogen and oxygen atoms in total. The first-order chi connectivity index (χ1) is 9.02. The van der Waals surface area contributed by atoms with Crippen molar-refractivity contribution in [3.8, 4) is 0 Å². The minimum Gasteiger partial charge on any atom is -0.343 e. The third-order valence-corrected chi connectivity index (χ3v) is 4.42. The van der Waals surface area contributed by atoms with Crippen LogP contribution in [0.15, 0.2) is 0 Å². The van der Waals surface area contributed by atoms with Gasteiger partial charge in [-0.2, -0.15) is 11.8 Å². The lowest BCUT2D eigenvalue weighted by atomic mass is 9.96. The summed E-state index contributed by atoms with van der Waals surface area (Å²) in [6.45, 7) is 8.76. The minimum atomic E-state index is -0.332. The van der Waals surface area contributed by atoms with Crippen LogP contribution in [-0.4, -0.2) is 46.8 Å². The molecule has 2 amide bonds. The fourth-order valence-corrected chi connectivity index (χ4v) is 3.09. The van der Waals surface area contributed by atoms with Crippen LogP contribution in [0.4, 0.5) is 0 Å². The number of amides is 2. The first-order valence-electron chi connectivity index (χ1n) is 7.21. The average Bonchev–Trinajstić information content (AvgIpc) is 2.37. The standard InChI is InChI=1S/C14H26N2O2S/c1-5-11-14(18)16(8-7-9-19-6-2)12(10(3)4)13(17)15-11/h10-12H,5-9H2,1-4H3,(H,15,17). The maximum absolute atomic E-state index is 12.4. The van der Waals surface area contributed by atoms with Crippen molar-refractivity contribution in [3.05, 3.63) is 0 Å². The summed E-state index contributed by atoms with van der Waals surface area (Å²) in [5, 5.41) is 2.84. The van der Waals surface area contributed by atoms with Crippen molar-refractivity contribution in [1.29, 1.82) is 0 Å². The number of carbonyl (C=O) groups is 2. The molecule has 5 heteroatoms. The van der Waals surface area contributed by atoms with Crippen molar-refractivity contribution in [2.45, 2.75) is 52.6 Å². The molecule has 1 rings (SSSR count). The van der Waals surface area contributed by atoms with Crippen LogP contribution in [-0.2, 0) is 9.59 Å². The second-order valence-electron chi connectivity index (χ2n) is 5.24. The lowest BCUT2D eigenvalue weighted by molar-refractivity contribution is -0.151. The molecule has 1 aliphatic heterocycles. The van der Waals surface area contributed by atoms with Gasteiger partial charge in [0.2, 0.25) is 11.8 Å². The van der Waals surface area contributed by atoms with Gasteiger partial charge in [-0.3, -0.25) is 9.59 Å². The van der Waals surface area contributed by atoms with Crippen molar-refractivity contribution in [2.75, 3.05) is 18.1 Å². The fourth-order valence-electron chi connectivity index (χ4n) is 2.47. The van der Waals surface area contributed by atoms with Crippen LogP contribution in [0.5, 0.6) is 0 Å². The van der Waals surface area contributed by atoms with Crippen LogP contribution < -0.4 is 5.32 Å². The molecule has 1 N–H and O–H groups in total. The van der Waals surface area contributed by atoms with Crippen LogP contribution in [0, 0.1) is 5.92 Å². The molecular formula is C14H26N2O2S. The zero-order valence-electron chi connectivity index (χ0n) is 12.4. The van der Waals surface area contributed by atoms with Gasteiger partial charge < -0.3 is 10.2 Å².